The molecule has 2 nitrogen and oxygen atoms in total. The summed E-state index contributed by atoms with van der Waals surface area (Å²) in [6.07, 6.45) is 0.386. The topological polar surface area (TPSA) is 21.3 Å². The van der Waals surface area contributed by atoms with Gasteiger partial charge >= 0.3 is 0 Å². The highest BCUT2D eigenvalue weighted by Crippen LogP contribution is 2.31. The zero-order valence-corrected chi connectivity index (χ0v) is 9.17. The van der Waals surface area contributed by atoms with Crippen molar-refractivity contribution in [1.29, 1.82) is 0 Å². The predicted octanol–water partition coefficient (Wildman–Crippen LogP) is 2.09. The molecule has 1 aromatic rings. The Hall–Kier alpha value is -1.16. The molecular weight excluding hydrogens is 212 g/mol. The second kappa shape index (κ2) is 4.37. The number of benzene rings is 1. The van der Waals surface area contributed by atoms with E-state index in [2.05, 4.69) is 5.32 Å². The number of hydrogen-bond acceptors (Lipinski definition) is 2. The Labute approximate surface area is 93.6 Å². The minimum absolute atomic E-state index is 0.207. The molecule has 1 heterocycles. The number of halogens is 2. The van der Waals surface area contributed by atoms with Crippen LogP contribution in [-0.2, 0) is 6.42 Å². The average molecular weight is 227 g/mol. The van der Waals surface area contributed by atoms with E-state index in [1.165, 1.54) is 0 Å². The maximum absolute atomic E-state index is 13.4. The molecule has 0 bridgehead atoms. The number of methoxy groups -OCH3 is 1. The molecule has 2 rings (SSSR count). The first kappa shape index (κ1) is 11.3. The van der Waals surface area contributed by atoms with Crippen LogP contribution in [-0.4, -0.2) is 26.1 Å². The van der Waals surface area contributed by atoms with Crippen LogP contribution in [0.3, 0.4) is 0 Å². The summed E-state index contributed by atoms with van der Waals surface area (Å²) in [6, 6.07) is 7.31. The van der Waals surface area contributed by atoms with Crippen LogP contribution in [0.15, 0.2) is 24.3 Å². The molecule has 0 aromatic heterocycles. The summed E-state index contributed by atoms with van der Waals surface area (Å²) in [7, 11) is 1.57. The first-order valence-corrected chi connectivity index (χ1v) is 5.33. The van der Waals surface area contributed by atoms with Crippen LogP contribution in [0.5, 0.6) is 5.75 Å². The van der Waals surface area contributed by atoms with Gasteiger partial charge in [0.2, 0.25) is 0 Å². The van der Waals surface area contributed by atoms with E-state index in [1.54, 1.807) is 7.11 Å². The second-order valence-corrected chi connectivity index (χ2v) is 4.14. The first-order valence-electron chi connectivity index (χ1n) is 5.33. The van der Waals surface area contributed by atoms with Gasteiger partial charge in [0.05, 0.1) is 13.7 Å². The van der Waals surface area contributed by atoms with E-state index in [1.807, 2.05) is 24.3 Å². The van der Waals surface area contributed by atoms with Crippen molar-refractivity contribution < 1.29 is 13.5 Å². The number of alkyl halides is 2. The van der Waals surface area contributed by atoms with Crippen LogP contribution < -0.4 is 10.1 Å². The molecular formula is C12H15F2NO. The number of rotatable bonds is 3. The van der Waals surface area contributed by atoms with Gasteiger partial charge in [0.15, 0.2) is 0 Å². The van der Waals surface area contributed by atoms with Crippen LogP contribution >= 0.6 is 0 Å². The Balaban J connectivity index is 2.08. The summed E-state index contributed by atoms with van der Waals surface area (Å²) in [4.78, 5) is 0. The van der Waals surface area contributed by atoms with Crippen LogP contribution in [0.1, 0.15) is 5.56 Å². The van der Waals surface area contributed by atoms with Crippen molar-refractivity contribution in [2.24, 2.45) is 5.92 Å². The highest BCUT2D eigenvalue weighted by Gasteiger charge is 2.43. The van der Waals surface area contributed by atoms with Gasteiger partial charge in [-0.25, -0.2) is 8.78 Å². The zero-order chi connectivity index (χ0) is 11.6. The van der Waals surface area contributed by atoms with E-state index in [-0.39, 0.29) is 6.54 Å². The fourth-order valence-corrected chi connectivity index (χ4v) is 2.01. The quantitative estimate of drug-likeness (QED) is 0.853. The molecule has 4 heteroatoms. The Morgan fingerprint density at radius 1 is 1.50 bits per heavy atom. The Kier molecular flexibility index (Phi) is 3.10. The molecule has 0 radical (unpaired) electrons. The molecule has 1 aliphatic heterocycles. The fourth-order valence-electron chi connectivity index (χ4n) is 2.01. The van der Waals surface area contributed by atoms with Crippen molar-refractivity contribution >= 4 is 0 Å². The lowest BCUT2D eigenvalue weighted by molar-refractivity contribution is -0.0212. The van der Waals surface area contributed by atoms with Crippen molar-refractivity contribution in [2.45, 2.75) is 12.3 Å². The largest absolute Gasteiger partial charge is 0.497 e. The van der Waals surface area contributed by atoms with Gasteiger partial charge in [-0.05, 0) is 24.1 Å². The number of ether oxygens (including phenoxy) is 1. The molecule has 0 saturated carbocycles. The van der Waals surface area contributed by atoms with Crippen molar-refractivity contribution in [2.75, 3.05) is 20.2 Å². The lowest BCUT2D eigenvalue weighted by Crippen LogP contribution is -2.28. The van der Waals surface area contributed by atoms with E-state index in [0.29, 0.717) is 18.7 Å². The maximum Gasteiger partial charge on any atom is 0.264 e. The third-order valence-corrected chi connectivity index (χ3v) is 2.96. The van der Waals surface area contributed by atoms with Crippen LogP contribution in [0, 0.1) is 5.92 Å². The van der Waals surface area contributed by atoms with E-state index < -0.39 is 11.8 Å². The monoisotopic (exact) mass is 227 g/mol. The summed E-state index contributed by atoms with van der Waals surface area (Å²) in [6.45, 7) is 0.172. The molecule has 0 amide bonds. The van der Waals surface area contributed by atoms with Crippen LogP contribution in [0.25, 0.3) is 0 Å². The minimum Gasteiger partial charge on any atom is -0.497 e. The molecule has 0 spiro atoms. The van der Waals surface area contributed by atoms with Gasteiger partial charge < -0.3 is 10.1 Å². The van der Waals surface area contributed by atoms with Gasteiger partial charge in [0, 0.05) is 12.5 Å². The maximum atomic E-state index is 13.4. The summed E-state index contributed by atoms with van der Waals surface area (Å²) < 4.78 is 31.8. The molecule has 1 aliphatic rings. The van der Waals surface area contributed by atoms with Gasteiger partial charge in [-0.1, -0.05) is 12.1 Å². The molecule has 0 aliphatic carbocycles. The minimum atomic E-state index is -2.59. The SMILES string of the molecule is COc1cccc(CC2CNCC2(F)F)c1. The predicted molar refractivity (Wildman–Crippen MR) is 58.0 cm³/mol. The van der Waals surface area contributed by atoms with Gasteiger partial charge in [-0.2, -0.15) is 0 Å². The van der Waals surface area contributed by atoms with E-state index in [9.17, 15) is 8.78 Å². The molecule has 88 valence electrons. The van der Waals surface area contributed by atoms with E-state index >= 15 is 0 Å². The zero-order valence-electron chi connectivity index (χ0n) is 9.17. The van der Waals surface area contributed by atoms with Crippen molar-refractivity contribution in [1.82, 2.24) is 5.32 Å². The van der Waals surface area contributed by atoms with Gasteiger partial charge in [0.1, 0.15) is 5.75 Å². The lowest BCUT2D eigenvalue weighted by atomic mass is 9.96. The summed E-state index contributed by atoms with van der Waals surface area (Å²) in [5.74, 6) is -2.49. The highest BCUT2D eigenvalue weighted by atomic mass is 19.3. The summed E-state index contributed by atoms with van der Waals surface area (Å²) in [5.41, 5.74) is 0.896. The van der Waals surface area contributed by atoms with Crippen molar-refractivity contribution in [3.05, 3.63) is 29.8 Å². The standard InChI is InChI=1S/C12H15F2NO/c1-16-11-4-2-3-9(6-11)5-10-7-15-8-12(10,13)14/h2-4,6,10,15H,5,7-8H2,1H3. The molecule has 1 aromatic carbocycles. The molecule has 1 unspecified atom stereocenters. The second-order valence-electron chi connectivity index (χ2n) is 4.14. The average Bonchev–Trinajstić information content (AvgIpc) is 2.59. The molecule has 1 atom stereocenters. The number of hydrogen-bond donors (Lipinski definition) is 1. The molecule has 1 N–H and O–H groups in total. The molecule has 1 saturated heterocycles. The third-order valence-electron chi connectivity index (χ3n) is 2.96. The Bertz CT molecular complexity index is 368. The van der Waals surface area contributed by atoms with Gasteiger partial charge in [-0.3, -0.25) is 0 Å². The van der Waals surface area contributed by atoms with Crippen molar-refractivity contribution in [3.8, 4) is 5.75 Å². The smallest absolute Gasteiger partial charge is 0.264 e. The summed E-state index contributed by atoms with van der Waals surface area (Å²) in [5, 5.41) is 2.73. The Morgan fingerprint density at radius 3 is 2.94 bits per heavy atom. The van der Waals surface area contributed by atoms with Gasteiger partial charge in [-0.15, -0.1) is 0 Å². The van der Waals surface area contributed by atoms with Crippen LogP contribution in [0.2, 0.25) is 0 Å². The van der Waals surface area contributed by atoms with Gasteiger partial charge in [0.25, 0.3) is 5.92 Å². The Morgan fingerprint density at radius 2 is 2.31 bits per heavy atom. The van der Waals surface area contributed by atoms with Crippen molar-refractivity contribution in [3.63, 3.8) is 0 Å². The normalized spacial score (nSPS) is 23.3. The fraction of sp³-hybridized carbons (Fsp3) is 0.500. The van der Waals surface area contributed by atoms with E-state index in [4.69, 9.17) is 4.74 Å². The highest BCUT2D eigenvalue weighted by molar-refractivity contribution is 5.29. The third kappa shape index (κ3) is 2.32. The van der Waals surface area contributed by atoms with E-state index in [0.717, 1.165) is 5.56 Å². The lowest BCUT2D eigenvalue weighted by Gasteiger charge is -2.17. The number of nitrogens with one attached hydrogen (secondary N) is 1. The van der Waals surface area contributed by atoms with Crippen LogP contribution in [0.4, 0.5) is 8.78 Å². The molecule has 16 heavy (non-hydrogen) atoms. The first-order chi connectivity index (χ1) is 7.62. The summed E-state index contributed by atoms with van der Waals surface area (Å²) >= 11 is 0. The molecule has 1 fully saturated rings.